The van der Waals surface area contributed by atoms with Crippen LogP contribution in [0.15, 0.2) is 48.2 Å². The molecule has 0 saturated carbocycles. The molecule has 1 aromatic heterocycles. The summed E-state index contributed by atoms with van der Waals surface area (Å²) in [4.78, 5) is 14.6. The maximum Gasteiger partial charge on any atom is 0.586 e. The number of carbonyl (C=O) groups is 1. The van der Waals surface area contributed by atoms with Crippen molar-refractivity contribution in [3.05, 3.63) is 70.7 Å². The first kappa shape index (κ1) is 19.6. The highest BCUT2D eigenvalue weighted by molar-refractivity contribution is 6.01. The summed E-state index contributed by atoms with van der Waals surface area (Å²) < 4.78 is 1.62. The van der Waals surface area contributed by atoms with Crippen LogP contribution in [0.2, 0.25) is 0 Å². The molecule has 2 aromatic rings. The fraction of sp³-hybridized carbons (Fsp3) is 0.182. The zero-order valence-electron chi connectivity index (χ0n) is 16.2. The Morgan fingerprint density at radius 1 is 1.29 bits per heavy atom. The second kappa shape index (κ2) is 8.72. The van der Waals surface area contributed by atoms with E-state index in [0.29, 0.717) is 6.54 Å². The number of aromatic nitrogens is 1. The van der Waals surface area contributed by atoms with Crippen molar-refractivity contribution in [2.24, 2.45) is 5.73 Å². The Balaban J connectivity index is 1.84. The number of benzene rings is 1. The lowest BCUT2D eigenvalue weighted by molar-refractivity contribution is -0.294. The average molecular weight is 371 g/mol. The first-order valence-corrected chi connectivity index (χ1v) is 9.22. The van der Waals surface area contributed by atoms with E-state index in [1.165, 1.54) is 6.92 Å². The number of nitrogens with zero attached hydrogens (tertiary/aromatic N) is 1. The Morgan fingerprint density at radius 2 is 2.04 bits per heavy atom. The summed E-state index contributed by atoms with van der Waals surface area (Å²) in [6.45, 7) is 4.12. The van der Waals surface area contributed by atoms with E-state index in [0.717, 1.165) is 45.9 Å². The van der Waals surface area contributed by atoms with Crippen molar-refractivity contribution in [1.29, 1.82) is 0 Å². The zero-order chi connectivity index (χ0) is 20.1. The van der Waals surface area contributed by atoms with Gasteiger partial charge in [0.05, 0.1) is 5.69 Å². The van der Waals surface area contributed by atoms with E-state index < -0.39 is 0 Å². The number of allylic oxidation sites excluding steroid dienone is 2. The molecule has 1 aliphatic heterocycles. The fourth-order valence-electron chi connectivity index (χ4n) is 3.23. The van der Waals surface area contributed by atoms with Gasteiger partial charge in [0.15, 0.2) is 5.70 Å². The van der Waals surface area contributed by atoms with Crippen molar-refractivity contribution in [2.75, 3.05) is 11.9 Å². The smallest absolute Gasteiger partial charge is 0.355 e. The number of aromatic amines is 1. The minimum Gasteiger partial charge on any atom is -0.355 e. The van der Waals surface area contributed by atoms with Crippen LogP contribution in [0, 0.1) is 6.92 Å². The minimum absolute atomic E-state index is 0.0779. The van der Waals surface area contributed by atoms with E-state index in [1.54, 1.807) is 4.49 Å². The molecule has 2 heterocycles. The van der Waals surface area contributed by atoms with Crippen LogP contribution in [0.25, 0.3) is 17.7 Å². The van der Waals surface area contributed by atoms with Gasteiger partial charge in [-0.05, 0) is 55.3 Å². The zero-order valence-corrected chi connectivity index (χ0v) is 16.2. The van der Waals surface area contributed by atoms with Crippen molar-refractivity contribution in [3.8, 4) is 0 Å². The Labute approximate surface area is 166 Å². The summed E-state index contributed by atoms with van der Waals surface area (Å²) in [5, 5.41) is 2.76. The number of aryl methyl sites for hydroxylation is 1. The fourth-order valence-corrected chi connectivity index (χ4v) is 3.23. The second-order valence-electron chi connectivity index (χ2n) is 6.74. The van der Waals surface area contributed by atoms with E-state index in [-0.39, 0.29) is 5.91 Å². The number of nitrogens with one attached hydrogen (secondary N) is 2. The summed E-state index contributed by atoms with van der Waals surface area (Å²) in [7, 11) is 6.04. The molecule has 6 heteroatoms. The number of hydrogen-bond acceptors (Lipinski definition) is 2. The van der Waals surface area contributed by atoms with Crippen LogP contribution in [0.1, 0.15) is 35.9 Å². The molecular formula is C22H24BN4O+. The first-order chi connectivity index (χ1) is 13.5. The molecule has 0 saturated heterocycles. The lowest BCUT2D eigenvalue weighted by Gasteiger charge is -2.07. The maximum atomic E-state index is 11.1. The van der Waals surface area contributed by atoms with Crippen molar-refractivity contribution < 1.29 is 9.28 Å². The molecule has 140 valence electrons. The van der Waals surface area contributed by atoms with Gasteiger partial charge in [0.25, 0.3) is 0 Å². The van der Waals surface area contributed by atoms with Crippen molar-refractivity contribution in [1.82, 2.24) is 4.98 Å². The molecule has 0 unspecified atom stereocenters. The van der Waals surface area contributed by atoms with Gasteiger partial charge in [0, 0.05) is 36.0 Å². The Kier molecular flexibility index (Phi) is 6.11. The van der Waals surface area contributed by atoms with Crippen LogP contribution >= 0.6 is 0 Å². The number of carbonyl (C=O) groups excluding carboxylic acids is 1. The van der Waals surface area contributed by atoms with E-state index in [4.69, 9.17) is 13.7 Å². The molecule has 1 aliphatic rings. The quantitative estimate of drug-likeness (QED) is 0.682. The summed E-state index contributed by atoms with van der Waals surface area (Å²) in [5.74, 6) is -0.0779. The lowest BCUT2D eigenvalue weighted by Crippen LogP contribution is -2.09. The minimum atomic E-state index is -0.0779. The van der Waals surface area contributed by atoms with Gasteiger partial charge in [-0.1, -0.05) is 18.2 Å². The molecule has 3 rings (SSSR count). The van der Waals surface area contributed by atoms with Crippen LogP contribution in [-0.4, -0.2) is 36.1 Å². The van der Waals surface area contributed by atoms with Crippen LogP contribution in [0.5, 0.6) is 0 Å². The Bertz CT molecular complexity index is 994. The van der Waals surface area contributed by atoms with Crippen molar-refractivity contribution in [2.45, 2.75) is 20.3 Å². The lowest BCUT2D eigenvalue weighted by atomic mass is 10.0. The summed E-state index contributed by atoms with van der Waals surface area (Å²) in [5.41, 5.74) is 12.9. The molecule has 0 bridgehead atoms. The van der Waals surface area contributed by atoms with Gasteiger partial charge >= 0.3 is 7.98 Å². The number of hydrogen-bond donors (Lipinski definition) is 3. The predicted octanol–water partition coefficient (Wildman–Crippen LogP) is 3.25. The van der Waals surface area contributed by atoms with E-state index in [1.807, 2.05) is 54.8 Å². The molecular weight excluding hydrogens is 347 g/mol. The third-order valence-electron chi connectivity index (χ3n) is 4.51. The van der Waals surface area contributed by atoms with E-state index >= 15 is 0 Å². The third-order valence-corrected chi connectivity index (χ3v) is 4.51. The van der Waals surface area contributed by atoms with Gasteiger partial charge in [-0.3, -0.25) is 9.28 Å². The van der Waals surface area contributed by atoms with Gasteiger partial charge in [-0.25, -0.2) is 0 Å². The summed E-state index contributed by atoms with van der Waals surface area (Å²) >= 11 is 0. The van der Waals surface area contributed by atoms with Gasteiger partial charge in [0.2, 0.25) is 5.91 Å². The van der Waals surface area contributed by atoms with Crippen LogP contribution in [-0.2, 0) is 4.79 Å². The van der Waals surface area contributed by atoms with Crippen LogP contribution < -0.4 is 11.1 Å². The molecule has 1 amide bonds. The van der Waals surface area contributed by atoms with Crippen molar-refractivity contribution in [3.63, 3.8) is 0 Å². The maximum absolute atomic E-state index is 11.1. The normalized spacial score (nSPS) is 15.2. The molecule has 5 nitrogen and oxygen atoms in total. The first-order valence-electron chi connectivity index (χ1n) is 9.22. The summed E-state index contributed by atoms with van der Waals surface area (Å²) in [6.07, 6.45) is 10.5. The highest BCUT2D eigenvalue weighted by Crippen LogP contribution is 2.27. The summed E-state index contributed by atoms with van der Waals surface area (Å²) in [6, 6.07) is 9.80. The van der Waals surface area contributed by atoms with Crippen molar-refractivity contribution >= 4 is 43.5 Å². The van der Waals surface area contributed by atoms with Gasteiger partial charge in [-0.2, -0.15) is 0 Å². The highest BCUT2D eigenvalue weighted by Gasteiger charge is 2.20. The molecule has 2 radical (unpaired) electrons. The number of anilines is 1. The number of amides is 1. The number of nitrogens with two attached hydrogens (primary N) is 1. The topological polar surface area (TPSA) is 73.9 Å². The van der Waals surface area contributed by atoms with Crippen LogP contribution in [0.4, 0.5) is 5.69 Å². The van der Waals surface area contributed by atoms with E-state index in [9.17, 15) is 4.79 Å². The van der Waals surface area contributed by atoms with Gasteiger partial charge in [0.1, 0.15) is 6.21 Å². The largest absolute Gasteiger partial charge is 0.586 e. The second-order valence-corrected chi connectivity index (χ2v) is 6.74. The molecule has 0 spiro atoms. The monoisotopic (exact) mass is 371 g/mol. The number of rotatable bonds is 6. The highest BCUT2D eigenvalue weighted by atomic mass is 16.1. The standard InChI is InChI=1S/C22H24BN4O/c1-15-14-19(10-7-17-5-8-18(9-6-17)25-16(2)28)26-22(15)20(11-12-24)21-4-3-13-27(21)23/h3-10,13-14,26H,11-12,24H2,1-2H3,(H,25,28)/q+1. The SMILES string of the molecule is [B][N+]1=CC=CC1=C(CCN)c1[nH]c(/C=C/c2ccc(NC(C)=O)cc2)cc1C. The molecule has 28 heavy (non-hydrogen) atoms. The molecule has 1 aromatic carbocycles. The Morgan fingerprint density at radius 3 is 2.64 bits per heavy atom. The van der Waals surface area contributed by atoms with Gasteiger partial charge in [-0.15, -0.1) is 0 Å². The van der Waals surface area contributed by atoms with Gasteiger partial charge < -0.3 is 16.0 Å². The molecule has 4 N–H and O–H groups in total. The van der Waals surface area contributed by atoms with E-state index in [2.05, 4.69) is 23.3 Å². The molecule has 0 atom stereocenters. The average Bonchev–Trinajstić information content (AvgIpc) is 3.24. The predicted molar refractivity (Wildman–Crippen MR) is 117 cm³/mol. The number of H-pyrrole nitrogens is 1. The molecule has 0 aliphatic carbocycles. The van der Waals surface area contributed by atoms with Crippen LogP contribution in [0.3, 0.4) is 0 Å². The molecule has 0 fully saturated rings. The third kappa shape index (κ3) is 4.59. The Hall–Kier alpha value is -3.12.